The third kappa shape index (κ3) is 3.18. The highest BCUT2D eigenvalue weighted by atomic mass is 32.1. The van der Waals surface area contributed by atoms with E-state index in [0.29, 0.717) is 0 Å². The van der Waals surface area contributed by atoms with E-state index >= 15 is 0 Å². The van der Waals surface area contributed by atoms with Crippen molar-refractivity contribution in [3.05, 3.63) is 16.1 Å². The fourth-order valence-electron chi connectivity index (χ4n) is 1.30. The van der Waals surface area contributed by atoms with Crippen molar-refractivity contribution >= 4 is 17.2 Å². The molecular weight excluding hydrogens is 224 g/mol. The molecule has 0 bridgehead atoms. The number of aryl methyl sites for hydroxylation is 1. The van der Waals surface area contributed by atoms with Gasteiger partial charge in [0.05, 0.1) is 12.1 Å². The van der Waals surface area contributed by atoms with Crippen LogP contribution in [0.3, 0.4) is 0 Å². The van der Waals surface area contributed by atoms with Crippen molar-refractivity contribution in [3.8, 4) is 0 Å². The van der Waals surface area contributed by atoms with E-state index in [-0.39, 0.29) is 17.9 Å². The number of amidine groups is 1. The van der Waals surface area contributed by atoms with Crippen LogP contribution in [-0.2, 0) is 6.42 Å². The molecule has 4 N–H and O–H groups in total. The SMILES string of the molecule is CCc1cnc(C(C)NC(C)C(N)=NO)s1. The van der Waals surface area contributed by atoms with Gasteiger partial charge in [0.1, 0.15) is 5.01 Å². The lowest BCUT2D eigenvalue weighted by Crippen LogP contribution is -2.40. The van der Waals surface area contributed by atoms with E-state index in [2.05, 4.69) is 22.4 Å². The standard InChI is InChI=1S/C10H18N4OS/c1-4-8-5-12-10(16-8)7(3)13-6(2)9(11)14-15/h5-7,13,15H,4H2,1-3H3,(H2,11,14). The Morgan fingerprint density at radius 2 is 2.38 bits per heavy atom. The second kappa shape index (κ2) is 5.81. The summed E-state index contributed by atoms with van der Waals surface area (Å²) in [7, 11) is 0. The third-order valence-corrected chi connectivity index (χ3v) is 3.67. The molecule has 1 heterocycles. The van der Waals surface area contributed by atoms with Gasteiger partial charge < -0.3 is 10.9 Å². The smallest absolute Gasteiger partial charge is 0.156 e. The second-order valence-corrected chi connectivity index (χ2v) is 4.80. The second-order valence-electron chi connectivity index (χ2n) is 3.65. The molecule has 0 saturated heterocycles. The summed E-state index contributed by atoms with van der Waals surface area (Å²) in [5.41, 5.74) is 5.49. The van der Waals surface area contributed by atoms with Crippen molar-refractivity contribution in [1.29, 1.82) is 0 Å². The Hall–Kier alpha value is -1.14. The van der Waals surface area contributed by atoms with Crippen LogP contribution in [0.15, 0.2) is 11.4 Å². The fraction of sp³-hybridized carbons (Fsp3) is 0.600. The summed E-state index contributed by atoms with van der Waals surface area (Å²) in [6.45, 7) is 5.97. The number of nitrogens with two attached hydrogens (primary N) is 1. The first-order valence-corrected chi connectivity index (χ1v) is 6.08. The van der Waals surface area contributed by atoms with Crippen molar-refractivity contribution in [2.24, 2.45) is 10.9 Å². The van der Waals surface area contributed by atoms with E-state index in [1.165, 1.54) is 4.88 Å². The highest BCUT2D eigenvalue weighted by Crippen LogP contribution is 2.20. The van der Waals surface area contributed by atoms with Crippen molar-refractivity contribution in [3.63, 3.8) is 0 Å². The van der Waals surface area contributed by atoms with Gasteiger partial charge in [0, 0.05) is 11.1 Å². The Kier molecular flexibility index (Phi) is 4.70. The molecule has 1 rings (SSSR count). The van der Waals surface area contributed by atoms with Crippen molar-refractivity contribution in [2.45, 2.75) is 39.3 Å². The van der Waals surface area contributed by atoms with Crippen molar-refractivity contribution in [2.75, 3.05) is 0 Å². The van der Waals surface area contributed by atoms with E-state index in [9.17, 15) is 0 Å². The van der Waals surface area contributed by atoms with Crippen LogP contribution < -0.4 is 11.1 Å². The summed E-state index contributed by atoms with van der Waals surface area (Å²) in [4.78, 5) is 5.60. The molecule has 16 heavy (non-hydrogen) atoms. The van der Waals surface area contributed by atoms with Gasteiger partial charge in [-0.2, -0.15) is 0 Å². The first-order chi connectivity index (χ1) is 7.58. The monoisotopic (exact) mass is 242 g/mol. The molecule has 0 amide bonds. The van der Waals surface area contributed by atoms with E-state index in [4.69, 9.17) is 10.9 Å². The molecule has 90 valence electrons. The minimum atomic E-state index is -0.172. The third-order valence-electron chi connectivity index (χ3n) is 2.35. The molecule has 0 saturated carbocycles. The number of hydrogen-bond acceptors (Lipinski definition) is 5. The molecule has 1 aromatic rings. The first-order valence-electron chi connectivity index (χ1n) is 5.26. The molecule has 5 nitrogen and oxygen atoms in total. The van der Waals surface area contributed by atoms with Gasteiger partial charge in [-0.05, 0) is 20.3 Å². The topological polar surface area (TPSA) is 83.5 Å². The van der Waals surface area contributed by atoms with Crippen LogP contribution in [0.4, 0.5) is 0 Å². The Morgan fingerprint density at radius 1 is 1.69 bits per heavy atom. The van der Waals surface area contributed by atoms with Crippen LogP contribution >= 0.6 is 11.3 Å². The molecule has 0 fully saturated rings. The zero-order chi connectivity index (χ0) is 12.1. The van der Waals surface area contributed by atoms with Gasteiger partial charge in [0.15, 0.2) is 5.84 Å². The average Bonchev–Trinajstić information content (AvgIpc) is 2.76. The summed E-state index contributed by atoms with van der Waals surface area (Å²) < 4.78 is 0. The maximum atomic E-state index is 8.54. The lowest BCUT2D eigenvalue weighted by atomic mass is 10.2. The van der Waals surface area contributed by atoms with Gasteiger partial charge in [-0.3, -0.25) is 5.32 Å². The Bertz CT molecular complexity index is 363. The maximum absolute atomic E-state index is 8.54. The number of oxime groups is 1. The number of nitrogens with one attached hydrogen (secondary N) is 1. The van der Waals surface area contributed by atoms with Crippen LogP contribution in [0.2, 0.25) is 0 Å². The summed E-state index contributed by atoms with van der Waals surface area (Å²) in [6.07, 6.45) is 2.90. The van der Waals surface area contributed by atoms with E-state index in [0.717, 1.165) is 11.4 Å². The van der Waals surface area contributed by atoms with Gasteiger partial charge >= 0.3 is 0 Å². The van der Waals surface area contributed by atoms with Gasteiger partial charge in [0.25, 0.3) is 0 Å². The van der Waals surface area contributed by atoms with Gasteiger partial charge in [-0.1, -0.05) is 12.1 Å². The molecule has 2 unspecified atom stereocenters. The lowest BCUT2D eigenvalue weighted by Gasteiger charge is -2.16. The Balaban J connectivity index is 2.61. The molecule has 0 aliphatic heterocycles. The van der Waals surface area contributed by atoms with Crippen molar-refractivity contribution in [1.82, 2.24) is 10.3 Å². The number of aromatic nitrogens is 1. The minimum absolute atomic E-state index is 0.0978. The molecule has 6 heteroatoms. The highest BCUT2D eigenvalue weighted by molar-refractivity contribution is 7.11. The van der Waals surface area contributed by atoms with E-state index in [1.807, 2.05) is 20.0 Å². The van der Waals surface area contributed by atoms with E-state index in [1.54, 1.807) is 11.3 Å². The van der Waals surface area contributed by atoms with Gasteiger partial charge in [-0.15, -0.1) is 11.3 Å². The highest BCUT2D eigenvalue weighted by Gasteiger charge is 2.15. The summed E-state index contributed by atoms with van der Waals surface area (Å²) >= 11 is 1.69. The predicted molar refractivity (Wildman–Crippen MR) is 65.9 cm³/mol. The lowest BCUT2D eigenvalue weighted by molar-refractivity contribution is 0.314. The first kappa shape index (κ1) is 12.9. The van der Waals surface area contributed by atoms with Gasteiger partial charge in [-0.25, -0.2) is 4.98 Å². The van der Waals surface area contributed by atoms with Gasteiger partial charge in [0.2, 0.25) is 0 Å². The van der Waals surface area contributed by atoms with E-state index < -0.39 is 0 Å². The van der Waals surface area contributed by atoms with Crippen molar-refractivity contribution < 1.29 is 5.21 Å². The largest absolute Gasteiger partial charge is 0.409 e. The fourth-order valence-corrected chi connectivity index (χ4v) is 2.17. The minimum Gasteiger partial charge on any atom is -0.409 e. The molecule has 0 aliphatic carbocycles. The van der Waals surface area contributed by atoms with Crippen LogP contribution in [-0.4, -0.2) is 22.1 Å². The van der Waals surface area contributed by atoms with Crippen LogP contribution in [0.25, 0.3) is 0 Å². The molecule has 0 spiro atoms. The molecule has 2 atom stereocenters. The number of hydrogen-bond donors (Lipinski definition) is 3. The zero-order valence-electron chi connectivity index (χ0n) is 9.77. The molecule has 0 aliphatic rings. The van der Waals surface area contributed by atoms with Crippen LogP contribution in [0, 0.1) is 0 Å². The maximum Gasteiger partial charge on any atom is 0.156 e. The van der Waals surface area contributed by atoms with Crippen LogP contribution in [0.5, 0.6) is 0 Å². The number of nitrogens with zero attached hydrogens (tertiary/aromatic N) is 2. The molecule has 1 aromatic heterocycles. The number of rotatable bonds is 5. The zero-order valence-corrected chi connectivity index (χ0v) is 10.6. The average molecular weight is 242 g/mol. The Labute approximate surface area is 99.4 Å². The molecule has 0 aromatic carbocycles. The summed E-state index contributed by atoms with van der Waals surface area (Å²) in [5, 5.41) is 15.8. The van der Waals surface area contributed by atoms with Crippen LogP contribution in [0.1, 0.15) is 36.7 Å². The summed E-state index contributed by atoms with van der Waals surface area (Å²) in [5.74, 6) is 0.180. The predicted octanol–water partition coefficient (Wildman–Crippen LogP) is 1.49. The normalized spacial score (nSPS) is 16.1. The Morgan fingerprint density at radius 3 is 2.88 bits per heavy atom. The molecular formula is C10H18N4OS. The quantitative estimate of drug-likeness (QED) is 0.316. The number of thiazole rings is 1. The molecule has 0 radical (unpaired) electrons. The summed E-state index contributed by atoms with van der Waals surface area (Å²) in [6, 6.07) is -0.0745.